The van der Waals surface area contributed by atoms with Crippen LogP contribution in [0.4, 0.5) is 5.82 Å². The van der Waals surface area contributed by atoms with Crippen LogP contribution in [0.5, 0.6) is 0 Å². The van der Waals surface area contributed by atoms with Gasteiger partial charge in [0, 0.05) is 6.04 Å². The molecular weight excluding hydrogens is 294 g/mol. The number of aromatic nitrogens is 4. The molecule has 2 bridgehead atoms. The van der Waals surface area contributed by atoms with Gasteiger partial charge in [0.05, 0.1) is 18.7 Å². The molecule has 5 rings (SSSR count). The highest BCUT2D eigenvalue weighted by Gasteiger charge is 2.65. The Morgan fingerprint density at radius 2 is 2.13 bits per heavy atom. The number of anilines is 1. The Bertz CT molecular complexity index is 772. The highest BCUT2D eigenvalue weighted by molar-refractivity contribution is 5.87. The summed E-state index contributed by atoms with van der Waals surface area (Å²) in [4.78, 5) is 20.1. The highest BCUT2D eigenvalue weighted by atomic mass is 16.5. The average molecular weight is 313 g/mol. The fourth-order valence-corrected chi connectivity index (χ4v) is 4.99. The molecule has 0 aromatic carbocycles. The smallest absolute Gasteiger partial charge is 0.327 e. The van der Waals surface area contributed by atoms with E-state index in [0.29, 0.717) is 11.7 Å². The van der Waals surface area contributed by atoms with Crippen LogP contribution in [-0.2, 0) is 16.1 Å². The number of fused-ring (bicyclic) bond motifs is 6. The average Bonchev–Trinajstić information content (AvgIpc) is 2.95. The summed E-state index contributed by atoms with van der Waals surface area (Å²) < 4.78 is 6.26. The van der Waals surface area contributed by atoms with E-state index in [9.17, 15) is 4.79 Å². The van der Waals surface area contributed by atoms with E-state index in [1.807, 2.05) is 0 Å². The molecule has 3 fully saturated rings. The minimum atomic E-state index is -0.337. The lowest BCUT2D eigenvalue weighted by Gasteiger charge is -2.11. The Hall–Kier alpha value is -2.18. The minimum absolute atomic E-state index is 0.0648. The van der Waals surface area contributed by atoms with Gasteiger partial charge in [-0.05, 0) is 42.9 Å². The van der Waals surface area contributed by atoms with Gasteiger partial charge in [-0.15, -0.1) is 0 Å². The molecule has 1 N–H and O–H groups in total. The Morgan fingerprint density at radius 3 is 2.87 bits per heavy atom. The largest absolute Gasteiger partial charge is 0.468 e. The molecule has 2 aromatic heterocycles. The van der Waals surface area contributed by atoms with E-state index in [-0.39, 0.29) is 12.5 Å². The predicted octanol–water partition coefficient (Wildman–Crippen LogP) is 1.46. The van der Waals surface area contributed by atoms with Gasteiger partial charge in [-0.3, -0.25) is 4.79 Å². The lowest BCUT2D eigenvalue weighted by Crippen LogP contribution is -2.15. The monoisotopic (exact) mass is 313 g/mol. The van der Waals surface area contributed by atoms with Crippen molar-refractivity contribution < 1.29 is 9.53 Å². The molecule has 2 heterocycles. The Labute approximate surface area is 133 Å². The fraction of sp³-hybridized carbons (Fsp3) is 0.625. The van der Waals surface area contributed by atoms with Crippen LogP contribution in [0.15, 0.2) is 12.5 Å². The molecule has 3 aliphatic rings. The van der Waals surface area contributed by atoms with Crippen molar-refractivity contribution in [3.8, 4) is 0 Å². The maximum atomic E-state index is 11.5. The number of esters is 1. The second-order valence-electron chi connectivity index (χ2n) is 7.00. The summed E-state index contributed by atoms with van der Waals surface area (Å²) in [6, 6.07) is 0.559. The Kier molecular flexibility index (Phi) is 2.69. The SMILES string of the molecule is COC(=O)Cn1ncc2c(NC3C4C5CCC(C5)C34)ncnc21. The van der Waals surface area contributed by atoms with Crippen LogP contribution < -0.4 is 5.32 Å². The van der Waals surface area contributed by atoms with Crippen molar-refractivity contribution in [2.45, 2.75) is 31.8 Å². The summed E-state index contributed by atoms with van der Waals surface area (Å²) >= 11 is 0. The number of nitrogens with zero attached hydrogens (tertiary/aromatic N) is 4. The number of nitrogens with one attached hydrogen (secondary N) is 1. The maximum Gasteiger partial charge on any atom is 0.327 e. The summed E-state index contributed by atoms with van der Waals surface area (Å²) in [6.45, 7) is 0.0648. The minimum Gasteiger partial charge on any atom is -0.468 e. The second kappa shape index (κ2) is 4.66. The molecule has 4 unspecified atom stereocenters. The quantitative estimate of drug-likeness (QED) is 0.861. The first-order valence-electron chi connectivity index (χ1n) is 8.26. The molecule has 4 atom stereocenters. The van der Waals surface area contributed by atoms with Gasteiger partial charge in [-0.2, -0.15) is 5.10 Å². The van der Waals surface area contributed by atoms with Crippen LogP contribution in [0, 0.1) is 23.7 Å². The van der Waals surface area contributed by atoms with Gasteiger partial charge in [0.1, 0.15) is 18.7 Å². The fourth-order valence-electron chi connectivity index (χ4n) is 4.99. The van der Waals surface area contributed by atoms with Crippen molar-refractivity contribution in [3.05, 3.63) is 12.5 Å². The molecule has 0 saturated heterocycles. The third-order valence-corrected chi connectivity index (χ3v) is 5.98. The second-order valence-corrected chi connectivity index (χ2v) is 7.00. The summed E-state index contributed by atoms with van der Waals surface area (Å²) in [5.74, 6) is 4.01. The van der Waals surface area contributed by atoms with Crippen molar-refractivity contribution >= 4 is 22.8 Å². The molecule has 0 aliphatic heterocycles. The summed E-state index contributed by atoms with van der Waals surface area (Å²) in [5, 5.41) is 8.75. The Morgan fingerprint density at radius 1 is 1.35 bits per heavy atom. The molecule has 7 heteroatoms. The first-order valence-corrected chi connectivity index (χ1v) is 8.26. The lowest BCUT2D eigenvalue weighted by atomic mass is 10.0. The van der Waals surface area contributed by atoms with Gasteiger partial charge < -0.3 is 10.1 Å². The zero-order chi connectivity index (χ0) is 15.6. The van der Waals surface area contributed by atoms with Crippen LogP contribution in [0.3, 0.4) is 0 Å². The predicted molar refractivity (Wildman–Crippen MR) is 82.6 cm³/mol. The number of carbonyl (C=O) groups is 1. The van der Waals surface area contributed by atoms with Gasteiger partial charge in [-0.1, -0.05) is 0 Å². The van der Waals surface area contributed by atoms with Crippen molar-refractivity contribution in [1.82, 2.24) is 19.7 Å². The van der Waals surface area contributed by atoms with Crippen LogP contribution in [0.1, 0.15) is 19.3 Å². The van der Waals surface area contributed by atoms with Crippen molar-refractivity contribution in [2.75, 3.05) is 12.4 Å². The zero-order valence-corrected chi connectivity index (χ0v) is 13.0. The standard InChI is InChI=1S/C16H19N5O2/c1-23-11(22)6-21-16-10(5-19-21)15(17-7-18-16)20-14-12-8-2-3-9(4-8)13(12)14/h5,7-9,12-14H,2-4,6H2,1H3,(H,17,18,20). The highest BCUT2D eigenvalue weighted by Crippen LogP contribution is 2.66. The van der Waals surface area contributed by atoms with Crippen LogP contribution >= 0.6 is 0 Å². The van der Waals surface area contributed by atoms with E-state index in [2.05, 4.69) is 20.4 Å². The van der Waals surface area contributed by atoms with Crippen LogP contribution in [0.25, 0.3) is 11.0 Å². The van der Waals surface area contributed by atoms with Crippen molar-refractivity contribution in [1.29, 1.82) is 0 Å². The van der Waals surface area contributed by atoms with Gasteiger partial charge >= 0.3 is 5.97 Å². The molecule has 23 heavy (non-hydrogen) atoms. The van der Waals surface area contributed by atoms with E-state index in [4.69, 9.17) is 4.74 Å². The molecule has 0 amide bonds. The number of methoxy groups -OCH3 is 1. The maximum absolute atomic E-state index is 11.5. The van der Waals surface area contributed by atoms with Crippen molar-refractivity contribution in [2.24, 2.45) is 23.7 Å². The molecule has 0 radical (unpaired) electrons. The normalized spacial score (nSPS) is 33.7. The van der Waals surface area contributed by atoms with Crippen LogP contribution in [0.2, 0.25) is 0 Å². The number of rotatable bonds is 4. The van der Waals surface area contributed by atoms with E-state index >= 15 is 0 Å². The molecule has 120 valence electrons. The van der Waals surface area contributed by atoms with Crippen LogP contribution in [-0.4, -0.2) is 38.9 Å². The lowest BCUT2D eigenvalue weighted by molar-refractivity contribution is -0.141. The zero-order valence-electron chi connectivity index (χ0n) is 13.0. The molecular formula is C16H19N5O2. The topological polar surface area (TPSA) is 81.9 Å². The number of ether oxygens (including phenoxy) is 1. The Balaban J connectivity index is 1.41. The third kappa shape index (κ3) is 1.88. The van der Waals surface area contributed by atoms with Crippen molar-refractivity contribution in [3.63, 3.8) is 0 Å². The molecule has 3 aliphatic carbocycles. The van der Waals surface area contributed by atoms with Gasteiger partial charge in [0.2, 0.25) is 0 Å². The van der Waals surface area contributed by atoms with E-state index < -0.39 is 0 Å². The first kappa shape index (κ1) is 13.3. The number of hydrogen-bond acceptors (Lipinski definition) is 6. The van der Waals surface area contributed by atoms with Gasteiger partial charge in [-0.25, -0.2) is 14.6 Å². The van der Waals surface area contributed by atoms with Gasteiger partial charge in [0.15, 0.2) is 5.65 Å². The third-order valence-electron chi connectivity index (χ3n) is 5.98. The summed E-state index contributed by atoms with van der Waals surface area (Å²) in [7, 11) is 1.37. The van der Waals surface area contributed by atoms with E-state index in [1.165, 1.54) is 32.7 Å². The van der Waals surface area contributed by atoms with Gasteiger partial charge in [0.25, 0.3) is 0 Å². The summed E-state index contributed by atoms with van der Waals surface area (Å²) in [6.07, 6.45) is 7.50. The number of hydrogen-bond donors (Lipinski definition) is 1. The molecule has 2 aromatic rings. The first-order chi connectivity index (χ1) is 11.3. The van der Waals surface area contributed by atoms with E-state index in [0.717, 1.165) is 34.9 Å². The summed E-state index contributed by atoms with van der Waals surface area (Å²) in [5.41, 5.74) is 0.668. The molecule has 0 spiro atoms. The molecule has 3 saturated carbocycles. The molecule has 7 nitrogen and oxygen atoms in total. The van der Waals surface area contributed by atoms with E-state index in [1.54, 1.807) is 10.9 Å². The number of carbonyl (C=O) groups excluding carboxylic acids is 1.